The lowest BCUT2D eigenvalue weighted by Crippen LogP contribution is -2.05. The van der Waals surface area contributed by atoms with E-state index in [0.717, 1.165) is 22.0 Å². The molecule has 7 heteroatoms. The van der Waals surface area contributed by atoms with E-state index >= 15 is 0 Å². The summed E-state index contributed by atoms with van der Waals surface area (Å²) in [5, 5.41) is 15.9. The van der Waals surface area contributed by atoms with E-state index in [4.69, 9.17) is 14.2 Å². The van der Waals surface area contributed by atoms with Crippen molar-refractivity contribution < 1.29 is 14.2 Å². The fraction of sp³-hybridized carbons (Fsp3) is 0.267. The Hall–Kier alpha value is -2.67. The number of benzene rings is 1. The zero-order valence-corrected chi connectivity index (χ0v) is 12.4. The lowest BCUT2D eigenvalue weighted by Gasteiger charge is -2.12. The molecule has 2 heterocycles. The maximum atomic E-state index is 5.73. The number of H-pyrrole nitrogens is 1. The number of fused-ring (bicyclic) bond motifs is 1. The van der Waals surface area contributed by atoms with Crippen molar-refractivity contribution in [2.75, 3.05) is 27.4 Å². The first-order chi connectivity index (χ1) is 10.8. The Morgan fingerprint density at radius 3 is 2.73 bits per heavy atom. The standard InChI is InChI=1S/C15H16N4O3/c1-20-3-4-22-15-5-11-12(10-7-16-17-8-10)9-18-19-13(11)6-14(15)21-2/h5-9H,3-4H2,1-2H3,(H,16,17). The Morgan fingerprint density at radius 1 is 1.09 bits per heavy atom. The quantitative estimate of drug-likeness (QED) is 0.702. The Kier molecular flexibility index (Phi) is 4.15. The number of nitrogens with zero attached hydrogens (tertiary/aromatic N) is 3. The third kappa shape index (κ3) is 2.71. The SMILES string of the molecule is COCCOc1cc2c(-c3cn[nH]c3)cnnc2cc1OC. The van der Waals surface area contributed by atoms with Gasteiger partial charge < -0.3 is 14.2 Å². The van der Waals surface area contributed by atoms with Gasteiger partial charge in [-0.2, -0.15) is 15.3 Å². The summed E-state index contributed by atoms with van der Waals surface area (Å²) in [6, 6.07) is 3.72. The van der Waals surface area contributed by atoms with Gasteiger partial charge >= 0.3 is 0 Å². The summed E-state index contributed by atoms with van der Waals surface area (Å²) >= 11 is 0. The molecule has 0 radical (unpaired) electrons. The predicted molar refractivity (Wildman–Crippen MR) is 81.0 cm³/mol. The molecule has 7 nitrogen and oxygen atoms in total. The molecule has 0 aliphatic heterocycles. The minimum absolute atomic E-state index is 0.442. The number of ether oxygens (including phenoxy) is 3. The van der Waals surface area contributed by atoms with Gasteiger partial charge in [-0.3, -0.25) is 5.10 Å². The number of hydrogen-bond acceptors (Lipinski definition) is 6. The lowest BCUT2D eigenvalue weighted by atomic mass is 10.1. The molecule has 0 aliphatic carbocycles. The molecule has 0 saturated carbocycles. The van der Waals surface area contributed by atoms with Crippen molar-refractivity contribution in [3.63, 3.8) is 0 Å². The van der Waals surface area contributed by atoms with Gasteiger partial charge in [0, 0.05) is 35.9 Å². The highest BCUT2D eigenvalue weighted by Gasteiger charge is 2.12. The first-order valence-electron chi connectivity index (χ1n) is 6.78. The van der Waals surface area contributed by atoms with E-state index in [1.54, 1.807) is 26.6 Å². The number of aromatic amines is 1. The van der Waals surface area contributed by atoms with Crippen LogP contribution in [0.1, 0.15) is 0 Å². The van der Waals surface area contributed by atoms with E-state index in [2.05, 4.69) is 20.4 Å². The molecule has 0 spiro atoms. The highest BCUT2D eigenvalue weighted by atomic mass is 16.5. The smallest absolute Gasteiger partial charge is 0.162 e. The van der Waals surface area contributed by atoms with Gasteiger partial charge in [0.05, 0.1) is 31.6 Å². The average Bonchev–Trinajstić information content (AvgIpc) is 3.08. The summed E-state index contributed by atoms with van der Waals surface area (Å²) in [6.45, 7) is 0.947. The van der Waals surface area contributed by atoms with Crippen LogP contribution in [0.3, 0.4) is 0 Å². The Balaban J connectivity index is 2.09. The van der Waals surface area contributed by atoms with E-state index in [0.29, 0.717) is 24.7 Å². The molecule has 3 rings (SSSR count). The van der Waals surface area contributed by atoms with Crippen LogP contribution in [-0.4, -0.2) is 47.8 Å². The van der Waals surface area contributed by atoms with Gasteiger partial charge in [-0.15, -0.1) is 0 Å². The van der Waals surface area contributed by atoms with Gasteiger partial charge in [0.25, 0.3) is 0 Å². The molecule has 2 aromatic heterocycles. The number of hydrogen-bond donors (Lipinski definition) is 1. The zero-order chi connectivity index (χ0) is 15.4. The molecule has 0 aliphatic rings. The average molecular weight is 300 g/mol. The monoisotopic (exact) mass is 300 g/mol. The molecule has 114 valence electrons. The number of nitrogens with one attached hydrogen (secondary N) is 1. The first-order valence-corrected chi connectivity index (χ1v) is 6.78. The van der Waals surface area contributed by atoms with Crippen molar-refractivity contribution in [2.45, 2.75) is 0 Å². The van der Waals surface area contributed by atoms with Crippen LogP contribution in [0, 0.1) is 0 Å². The molecule has 0 unspecified atom stereocenters. The predicted octanol–water partition coefficient (Wildman–Crippen LogP) is 2.05. The van der Waals surface area contributed by atoms with Crippen molar-refractivity contribution in [1.29, 1.82) is 0 Å². The van der Waals surface area contributed by atoms with Crippen LogP contribution >= 0.6 is 0 Å². The molecule has 22 heavy (non-hydrogen) atoms. The van der Waals surface area contributed by atoms with Crippen LogP contribution in [0.25, 0.3) is 22.0 Å². The van der Waals surface area contributed by atoms with Crippen molar-refractivity contribution in [3.05, 3.63) is 30.7 Å². The van der Waals surface area contributed by atoms with Crippen LogP contribution < -0.4 is 9.47 Å². The molecule has 1 N–H and O–H groups in total. The summed E-state index contributed by atoms with van der Waals surface area (Å²) in [5.41, 5.74) is 2.60. The topological polar surface area (TPSA) is 82.2 Å². The first kappa shape index (κ1) is 14.3. The summed E-state index contributed by atoms with van der Waals surface area (Å²) < 4.78 is 16.1. The van der Waals surface area contributed by atoms with Crippen molar-refractivity contribution in [1.82, 2.24) is 20.4 Å². The van der Waals surface area contributed by atoms with E-state index < -0.39 is 0 Å². The molecule has 0 atom stereocenters. The molecular weight excluding hydrogens is 284 g/mol. The summed E-state index contributed by atoms with van der Waals surface area (Å²) in [6.07, 6.45) is 5.26. The molecule has 0 fully saturated rings. The normalized spacial score (nSPS) is 10.8. The summed E-state index contributed by atoms with van der Waals surface area (Å²) in [7, 11) is 3.23. The molecule has 0 saturated heterocycles. The largest absolute Gasteiger partial charge is 0.493 e. The Morgan fingerprint density at radius 2 is 2.00 bits per heavy atom. The van der Waals surface area contributed by atoms with Gasteiger partial charge in [0.15, 0.2) is 11.5 Å². The van der Waals surface area contributed by atoms with Gasteiger partial charge in [-0.1, -0.05) is 0 Å². The maximum absolute atomic E-state index is 5.73. The van der Waals surface area contributed by atoms with Gasteiger partial charge in [0.1, 0.15) is 6.61 Å². The highest BCUT2D eigenvalue weighted by Crippen LogP contribution is 2.35. The fourth-order valence-corrected chi connectivity index (χ4v) is 2.20. The second-order valence-corrected chi connectivity index (χ2v) is 4.61. The molecule has 1 aromatic carbocycles. The second kappa shape index (κ2) is 6.40. The minimum Gasteiger partial charge on any atom is -0.493 e. The molecule has 0 amide bonds. The fourth-order valence-electron chi connectivity index (χ4n) is 2.20. The minimum atomic E-state index is 0.442. The maximum Gasteiger partial charge on any atom is 0.162 e. The summed E-state index contributed by atoms with van der Waals surface area (Å²) in [4.78, 5) is 0. The number of methoxy groups -OCH3 is 2. The second-order valence-electron chi connectivity index (χ2n) is 4.61. The molecule has 3 aromatic rings. The van der Waals surface area contributed by atoms with Crippen molar-refractivity contribution >= 4 is 10.9 Å². The van der Waals surface area contributed by atoms with Crippen molar-refractivity contribution in [3.8, 4) is 22.6 Å². The highest BCUT2D eigenvalue weighted by molar-refractivity contribution is 5.95. The third-order valence-corrected chi connectivity index (χ3v) is 3.28. The lowest BCUT2D eigenvalue weighted by molar-refractivity contribution is 0.144. The van der Waals surface area contributed by atoms with E-state index in [1.165, 1.54) is 0 Å². The van der Waals surface area contributed by atoms with Crippen LogP contribution in [0.2, 0.25) is 0 Å². The van der Waals surface area contributed by atoms with E-state index in [-0.39, 0.29) is 0 Å². The third-order valence-electron chi connectivity index (χ3n) is 3.28. The van der Waals surface area contributed by atoms with Gasteiger partial charge in [0.2, 0.25) is 0 Å². The van der Waals surface area contributed by atoms with Crippen molar-refractivity contribution in [2.24, 2.45) is 0 Å². The van der Waals surface area contributed by atoms with E-state index in [1.807, 2.05) is 18.3 Å². The molecule has 0 bridgehead atoms. The van der Waals surface area contributed by atoms with E-state index in [9.17, 15) is 0 Å². The van der Waals surface area contributed by atoms with Crippen LogP contribution in [0.15, 0.2) is 30.7 Å². The van der Waals surface area contributed by atoms with Gasteiger partial charge in [-0.05, 0) is 6.07 Å². The van der Waals surface area contributed by atoms with Crippen LogP contribution in [-0.2, 0) is 4.74 Å². The Labute approximate surface area is 127 Å². The van der Waals surface area contributed by atoms with Crippen LogP contribution in [0.4, 0.5) is 0 Å². The number of aromatic nitrogens is 4. The molecular formula is C15H16N4O3. The summed E-state index contributed by atoms with van der Waals surface area (Å²) in [5.74, 6) is 1.26. The zero-order valence-electron chi connectivity index (χ0n) is 12.4. The Bertz CT molecular complexity index is 759. The number of rotatable bonds is 6. The van der Waals surface area contributed by atoms with Crippen LogP contribution in [0.5, 0.6) is 11.5 Å². The van der Waals surface area contributed by atoms with Gasteiger partial charge in [-0.25, -0.2) is 0 Å².